The lowest BCUT2D eigenvalue weighted by Crippen LogP contribution is -2.01. The maximum Gasteiger partial charge on any atom is 0.168 e. The largest absolute Gasteiger partial charge is 0.277 e. The molecule has 3 aromatic rings. The van der Waals surface area contributed by atoms with E-state index in [1.165, 1.54) is 0 Å². The zero-order valence-electron chi connectivity index (χ0n) is 13.2. The number of azo groups is 1. The van der Waals surface area contributed by atoms with Gasteiger partial charge in [0.2, 0.25) is 0 Å². The van der Waals surface area contributed by atoms with E-state index in [1.807, 2.05) is 54.6 Å². The maximum absolute atomic E-state index is 9.21. The molecule has 120 valence electrons. The second-order valence-corrected chi connectivity index (χ2v) is 5.00. The van der Waals surface area contributed by atoms with Crippen LogP contribution in [0.15, 0.2) is 94.5 Å². The number of rotatable bonds is 5. The molecule has 0 saturated carbocycles. The van der Waals surface area contributed by atoms with Crippen molar-refractivity contribution in [2.45, 2.75) is 0 Å². The quantitative estimate of drug-likeness (QED) is 0.413. The number of nitrogens with one attached hydrogen (secondary N) is 1. The van der Waals surface area contributed by atoms with E-state index in [4.69, 9.17) is 0 Å². The Morgan fingerprint density at radius 3 is 2.12 bits per heavy atom. The van der Waals surface area contributed by atoms with Gasteiger partial charge in [-0.05, 0) is 48.5 Å². The Morgan fingerprint density at radius 1 is 0.840 bits per heavy atom. The molecule has 0 radical (unpaired) electrons. The van der Waals surface area contributed by atoms with Crippen LogP contribution in [0.4, 0.5) is 17.1 Å². The lowest BCUT2D eigenvalue weighted by molar-refractivity contribution is 1.23. The van der Waals surface area contributed by atoms with E-state index < -0.39 is 0 Å². The van der Waals surface area contributed by atoms with Gasteiger partial charge in [0.15, 0.2) is 5.71 Å². The SMILES string of the molecule is N#C/C(=N\Nc1ccc(N=Nc2ccccc2)cc1)c1ccncc1. The minimum absolute atomic E-state index is 0.287. The Labute approximate surface area is 145 Å². The molecule has 1 aromatic heterocycles. The Balaban J connectivity index is 1.67. The van der Waals surface area contributed by atoms with Crippen LogP contribution in [0.25, 0.3) is 0 Å². The van der Waals surface area contributed by atoms with E-state index >= 15 is 0 Å². The Kier molecular flexibility index (Phi) is 5.21. The summed E-state index contributed by atoms with van der Waals surface area (Å²) in [4.78, 5) is 3.93. The topological polar surface area (TPSA) is 85.8 Å². The molecule has 2 aromatic carbocycles. The van der Waals surface area contributed by atoms with Crippen molar-refractivity contribution in [2.24, 2.45) is 15.3 Å². The highest BCUT2D eigenvalue weighted by Crippen LogP contribution is 2.20. The predicted molar refractivity (Wildman–Crippen MR) is 97.1 cm³/mol. The minimum Gasteiger partial charge on any atom is -0.277 e. The summed E-state index contributed by atoms with van der Waals surface area (Å²) in [6.45, 7) is 0. The average Bonchev–Trinajstić information content (AvgIpc) is 2.69. The first-order valence-electron chi connectivity index (χ1n) is 7.56. The lowest BCUT2D eigenvalue weighted by atomic mass is 10.2. The lowest BCUT2D eigenvalue weighted by Gasteiger charge is -2.02. The fourth-order valence-corrected chi connectivity index (χ4v) is 2.00. The number of nitrogens with zero attached hydrogens (tertiary/aromatic N) is 5. The Bertz CT molecular complexity index is 910. The fourth-order valence-electron chi connectivity index (χ4n) is 2.00. The van der Waals surface area contributed by atoms with Gasteiger partial charge in [-0.3, -0.25) is 10.4 Å². The maximum atomic E-state index is 9.21. The number of nitriles is 1. The van der Waals surface area contributed by atoms with Crippen molar-refractivity contribution in [3.8, 4) is 6.07 Å². The van der Waals surface area contributed by atoms with Crippen LogP contribution in [0.2, 0.25) is 0 Å². The smallest absolute Gasteiger partial charge is 0.168 e. The zero-order chi connectivity index (χ0) is 17.3. The van der Waals surface area contributed by atoms with E-state index in [2.05, 4.69) is 31.8 Å². The highest BCUT2D eigenvalue weighted by molar-refractivity contribution is 6.11. The molecule has 1 N–H and O–H groups in total. The molecule has 0 bridgehead atoms. The van der Waals surface area contributed by atoms with Gasteiger partial charge in [-0.1, -0.05) is 18.2 Å². The van der Waals surface area contributed by atoms with Crippen molar-refractivity contribution in [3.05, 3.63) is 84.7 Å². The summed E-state index contributed by atoms with van der Waals surface area (Å²) in [5, 5.41) is 21.7. The fraction of sp³-hybridized carbons (Fsp3) is 0. The number of hydrogen-bond acceptors (Lipinski definition) is 6. The second kappa shape index (κ2) is 8.13. The molecule has 1 heterocycles. The number of hydrogen-bond donors (Lipinski definition) is 1. The summed E-state index contributed by atoms with van der Waals surface area (Å²) in [5.74, 6) is 0. The van der Waals surface area contributed by atoms with E-state index in [-0.39, 0.29) is 5.71 Å². The second-order valence-electron chi connectivity index (χ2n) is 5.00. The van der Waals surface area contributed by atoms with Crippen molar-refractivity contribution in [3.63, 3.8) is 0 Å². The summed E-state index contributed by atoms with van der Waals surface area (Å²) in [6, 6.07) is 22.3. The monoisotopic (exact) mass is 326 g/mol. The molecule has 25 heavy (non-hydrogen) atoms. The third-order valence-corrected chi connectivity index (χ3v) is 3.26. The molecule has 0 aliphatic heterocycles. The van der Waals surface area contributed by atoms with Gasteiger partial charge >= 0.3 is 0 Å². The van der Waals surface area contributed by atoms with Crippen LogP contribution in [-0.4, -0.2) is 10.7 Å². The van der Waals surface area contributed by atoms with Crippen molar-refractivity contribution in [1.82, 2.24) is 4.98 Å². The number of benzene rings is 2. The van der Waals surface area contributed by atoms with Gasteiger partial charge in [0.1, 0.15) is 6.07 Å². The van der Waals surface area contributed by atoms with Gasteiger partial charge in [0, 0.05) is 18.0 Å². The van der Waals surface area contributed by atoms with E-state index in [0.29, 0.717) is 5.56 Å². The molecule has 0 atom stereocenters. The van der Waals surface area contributed by atoms with Crippen LogP contribution in [0.1, 0.15) is 5.56 Å². The highest BCUT2D eigenvalue weighted by atomic mass is 15.3. The molecular weight excluding hydrogens is 312 g/mol. The Hall–Kier alpha value is -3.85. The summed E-state index contributed by atoms with van der Waals surface area (Å²) < 4.78 is 0. The van der Waals surface area contributed by atoms with Crippen LogP contribution in [0.3, 0.4) is 0 Å². The highest BCUT2D eigenvalue weighted by Gasteiger charge is 2.01. The van der Waals surface area contributed by atoms with E-state index in [1.54, 1.807) is 24.5 Å². The van der Waals surface area contributed by atoms with Crippen LogP contribution in [0.5, 0.6) is 0 Å². The van der Waals surface area contributed by atoms with Gasteiger partial charge < -0.3 is 0 Å². The molecule has 3 rings (SSSR count). The molecule has 0 spiro atoms. The molecule has 6 heteroatoms. The van der Waals surface area contributed by atoms with Crippen LogP contribution in [-0.2, 0) is 0 Å². The Morgan fingerprint density at radius 2 is 1.48 bits per heavy atom. The van der Waals surface area contributed by atoms with Gasteiger partial charge in [-0.25, -0.2) is 0 Å². The summed E-state index contributed by atoms with van der Waals surface area (Å²) >= 11 is 0. The van der Waals surface area contributed by atoms with Crippen LogP contribution >= 0.6 is 0 Å². The summed E-state index contributed by atoms with van der Waals surface area (Å²) in [5.41, 5.74) is 6.14. The predicted octanol–water partition coefficient (Wildman–Crippen LogP) is 4.84. The van der Waals surface area contributed by atoms with Crippen LogP contribution < -0.4 is 5.43 Å². The third-order valence-electron chi connectivity index (χ3n) is 3.26. The molecule has 0 amide bonds. The van der Waals surface area contributed by atoms with E-state index in [0.717, 1.165) is 17.1 Å². The first kappa shape index (κ1) is 16.0. The molecule has 0 unspecified atom stereocenters. The molecule has 0 aliphatic carbocycles. The molecule has 0 saturated heterocycles. The number of anilines is 1. The van der Waals surface area contributed by atoms with Crippen LogP contribution in [0, 0.1) is 11.3 Å². The van der Waals surface area contributed by atoms with Crippen molar-refractivity contribution >= 4 is 22.8 Å². The van der Waals surface area contributed by atoms with Gasteiger partial charge in [0.05, 0.1) is 17.1 Å². The molecule has 0 aliphatic rings. The minimum atomic E-state index is 0.287. The molecular formula is C19H14N6. The zero-order valence-corrected chi connectivity index (χ0v) is 13.2. The normalized spacial score (nSPS) is 11.2. The van der Waals surface area contributed by atoms with Crippen molar-refractivity contribution in [2.75, 3.05) is 5.43 Å². The van der Waals surface area contributed by atoms with Gasteiger partial charge in [0.25, 0.3) is 0 Å². The van der Waals surface area contributed by atoms with Crippen molar-refractivity contribution in [1.29, 1.82) is 5.26 Å². The standard InChI is InChI=1S/C19H14N6/c20-14-19(15-10-12-21-13-11-15)25-24-18-8-6-17(7-9-18)23-22-16-4-2-1-3-5-16/h1-13,24H/b23-22?,25-19+. The first-order valence-corrected chi connectivity index (χ1v) is 7.56. The summed E-state index contributed by atoms with van der Waals surface area (Å²) in [7, 11) is 0. The third kappa shape index (κ3) is 4.56. The van der Waals surface area contributed by atoms with Gasteiger partial charge in [-0.2, -0.15) is 20.6 Å². The van der Waals surface area contributed by atoms with Crippen molar-refractivity contribution < 1.29 is 0 Å². The van der Waals surface area contributed by atoms with Gasteiger partial charge in [-0.15, -0.1) is 0 Å². The summed E-state index contributed by atoms with van der Waals surface area (Å²) in [6.07, 6.45) is 3.24. The first-order chi connectivity index (χ1) is 12.3. The number of pyridine rings is 1. The van der Waals surface area contributed by atoms with E-state index in [9.17, 15) is 5.26 Å². The molecule has 6 nitrogen and oxygen atoms in total. The number of aromatic nitrogens is 1. The average molecular weight is 326 g/mol. The molecule has 0 fully saturated rings. The number of hydrazone groups is 1.